The first-order valence-corrected chi connectivity index (χ1v) is 10.9. The highest BCUT2D eigenvalue weighted by Crippen LogP contribution is 2.31. The van der Waals surface area contributed by atoms with E-state index in [9.17, 15) is 0 Å². The van der Waals surface area contributed by atoms with Gasteiger partial charge in [0.05, 0.1) is 32.0 Å². The minimum atomic E-state index is -0.636. The zero-order chi connectivity index (χ0) is 22.1. The van der Waals surface area contributed by atoms with Crippen molar-refractivity contribution >= 4 is 6.08 Å². The minimum Gasteiger partial charge on any atom is -0.497 e. The second-order valence-corrected chi connectivity index (χ2v) is 8.34. The van der Waals surface area contributed by atoms with Gasteiger partial charge < -0.3 is 18.9 Å². The Balaban J connectivity index is 1.59. The standard InChI is InChI=1S/C27H34O4/c1-5-9-24(29-20-22-13-15-23(28-4)16-14-22)18-26-19-25(30-27(2,3)31-26)17-12-21-10-7-6-8-11-21/h5-8,10-17,24-26H,1,9,18-20H2,2-4H3/b17-12+/t24-,25+,26-/m0/s1. The van der Waals surface area contributed by atoms with Crippen LogP contribution in [0.15, 0.2) is 73.3 Å². The van der Waals surface area contributed by atoms with Crippen LogP contribution in [0, 0.1) is 0 Å². The van der Waals surface area contributed by atoms with Crippen LogP contribution in [0.1, 0.15) is 44.2 Å². The van der Waals surface area contributed by atoms with E-state index in [1.54, 1.807) is 7.11 Å². The minimum absolute atomic E-state index is 0.0000690. The zero-order valence-electron chi connectivity index (χ0n) is 18.8. The van der Waals surface area contributed by atoms with E-state index in [1.165, 1.54) is 5.56 Å². The highest BCUT2D eigenvalue weighted by Gasteiger charge is 2.35. The van der Waals surface area contributed by atoms with Crippen LogP contribution in [0.5, 0.6) is 5.75 Å². The van der Waals surface area contributed by atoms with Gasteiger partial charge in [0, 0.05) is 12.8 Å². The van der Waals surface area contributed by atoms with Crippen molar-refractivity contribution in [3.05, 3.63) is 84.5 Å². The van der Waals surface area contributed by atoms with E-state index >= 15 is 0 Å². The van der Waals surface area contributed by atoms with Gasteiger partial charge in [-0.25, -0.2) is 0 Å². The van der Waals surface area contributed by atoms with Gasteiger partial charge >= 0.3 is 0 Å². The van der Waals surface area contributed by atoms with Gasteiger partial charge in [-0.05, 0) is 43.5 Å². The second-order valence-electron chi connectivity index (χ2n) is 8.34. The first-order chi connectivity index (χ1) is 15.0. The van der Waals surface area contributed by atoms with Gasteiger partial charge in [0.15, 0.2) is 5.79 Å². The summed E-state index contributed by atoms with van der Waals surface area (Å²) in [6, 6.07) is 18.2. The molecule has 0 unspecified atom stereocenters. The van der Waals surface area contributed by atoms with E-state index in [0.717, 1.165) is 30.6 Å². The van der Waals surface area contributed by atoms with Crippen molar-refractivity contribution < 1.29 is 18.9 Å². The smallest absolute Gasteiger partial charge is 0.163 e. The molecule has 3 rings (SSSR count). The molecule has 31 heavy (non-hydrogen) atoms. The Bertz CT molecular complexity index is 826. The van der Waals surface area contributed by atoms with Crippen LogP contribution in [0.3, 0.4) is 0 Å². The van der Waals surface area contributed by atoms with Crippen LogP contribution >= 0.6 is 0 Å². The lowest BCUT2D eigenvalue weighted by molar-refractivity contribution is -0.294. The molecule has 1 heterocycles. The summed E-state index contributed by atoms with van der Waals surface area (Å²) in [5.74, 6) is 0.211. The van der Waals surface area contributed by atoms with E-state index < -0.39 is 5.79 Å². The molecule has 4 nitrogen and oxygen atoms in total. The molecule has 0 aliphatic carbocycles. The lowest BCUT2D eigenvalue weighted by Crippen LogP contribution is -2.45. The summed E-state index contributed by atoms with van der Waals surface area (Å²) in [5.41, 5.74) is 2.28. The topological polar surface area (TPSA) is 36.9 Å². The average Bonchev–Trinajstić information content (AvgIpc) is 2.76. The summed E-state index contributed by atoms with van der Waals surface area (Å²) in [4.78, 5) is 0. The van der Waals surface area contributed by atoms with Gasteiger partial charge in [-0.15, -0.1) is 6.58 Å². The lowest BCUT2D eigenvalue weighted by atomic mass is 10.00. The molecule has 166 valence electrons. The van der Waals surface area contributed by atoms with Gasteiger partial charge in [-0.2, -0.15) is 0 Å². The van der Waals surface area contributed by atoms with Gasteiger partial charge in [0.2, 0.25) is 0 Å². The van der Waals surface area contributed by atoms with E-state index in [2.05, 4.69) is 30.9 Å². The average molecular weight is 423 g/mol. The first-order valence-electron chi connectivity index (χ1n) is 10.9. The summed E-state index contributed by atoms with van der Waals surface area (Å²) in [5, 5.41) is 0. The summed E-state index contributed by atoms with van der Waals surface area (Å²) < 4.78 is 23.8. The van der Waals surface area contributed by atoms with Gasteiger partial charge in [-0.1, -0.05) is 60.7 Å². The molecule has 2 aromatic carbocycles. The largest absolute Gasteiger partial charge is 0.497 e. The molecular weight excluding hydrogens is 388 g/mol. The van der Waals surface area contributed by atoms with Crippen molar-refractivity contribution in [3.63, 3.8) is 0 Å². The third-order valence-electron chi connectivity index (χ3n) is 5.28. The molecule has 1 aliphatic heterocycles. The molecule has 3 atom stereocenters. The fourth-order valence-electron chi connectivity index (χ4n) is 3.84. The van der Waals surface area contributed by atoms with Crippen LogP contribution < -0.4 is 4.74 Å². The number of methoxy groups -OCH3 is 1. The normalized spacial score (nSPS) is 21.6. The first kappa shape index (κ1) is 23.3. The van der Waals surface area contributed by atoms with Crippen molar-refractivity contribution in [2.75, 3.05) is 7.11 Å². The molecular formula is C27H34O4. The van der Waals surface area contributed by atoms with Crippen LogP contribution in [0.25, 0.3) is 6.08 Å². The van der Waals surface area contributed by atoms with E-state index in [4.69, 9.17) is 18.9 Å². The second kappa shape index (κ2) is 11.3. The molecule has 1 fully saturated rings. The molecule has 0 saturated carbocycles. The number of hydrogen-bond acceptors (Lipinski definition) is 4. The third-order valence-corrected chi connectivity index (χ3v) is 5.28. The van der Waals surface area contributed by atoms with Crippen molar-refractivity contribution in [1.82, 2.24) is 0 Å². The van der Waals surface area contributed by atoms with Crippen LogP contribution in [-0.2, 0) is 20.8 Å². The van der Waals surface area contributed by atoms with E-state index in [-0.39, 0.29) is 18.3 Å². The molecule has 1 saturated heterocycles. The molecule has 0 spiro atoms. The lowest BCUT2D eigenvalue weighted by Gasteiger charge is -2.41. The SMILES string of the molecule is C=CC[C@@H](C[C@H]1C[C@@H](/C=C/c2ccccc2)OC(C)(C)O1)OCc1ccc(OC)cc1. The summed E-state index contributed by atoms with van der Waals surface area (Å²) in [6.45, 7) is 8.40. The van der Waals surface area contributed by atoms with E-state index in [1.807, 2.05) is 62.4 Å². The summed E-state index contributed by atoms with van der Waals surface area (Å²) >= 11 is 0. The Morgan fingerprint density at radius 3 is 2.52 bits per heavy atom. The highest BCUT2D eigenvalue weighted by molar-refractivity contribution is 5.49. The molecule has 0 radical (unpaired) electrons. The molecule has 0 N–H and O–H groups in total. The number of benzene rings is 2. The quantitative estimate of drug-likeness (QED) is 0.429. The Morgan fingerprint density at radius 2 is 1.84 bits per heavy atom. The monoisotopic (exact) mass is 422 g/mol. The van der Waals surface area contributed by atoms with Crippen molar-refractivity contribution in [1.29, 1.82) is 0 Å². The molecule has 2 aromatic rings. The molecule has 0 aromatic heterocycles. The Kier molecular flexibility index (Phi) is 8.47. The van der Waals surface area contributed by atoms with Crippen LogP contribution in [-0.4, -0.2) is 31.2 Å². The molecule has 4 heteroatoms. The van der Waals surface area contributed by atoms with Gasteiger partial charge in [0.1, 0.15) is 5.75 Å². The Morgan fingerprint density at radius 1 is 1.10 bits per heavy atom. The van der Waals surface area contributed by atoms with Crippen molar-refractivity contribution in [2.24, 2.45) is 0 Å². The Labute approximate surface area is 186 Å². The maximum absolute atomic E-state index is 6.23. The molecule has 1 aliphatic rings. The zero-order valence-corrected chi connectivity index (χ0v) is 18.8. The number of rotatable bonds is 10. The summed E-state index contributed by atoms with van der Waals surface area (Å²) in [7, 11) is 1.67. The van der Waals surface area contributed by atoms with Crippen molar-refractivity contribution in [3.8, 4) is 5.75 Å². The van der Waals surface area contributed by atoms with Crippen molar-refractivity contribution in [2.45, 2.75) is 63.8 Å². The van der Waals surface area contributed by atoms with E-state index in [0.29, 0.717) is 6.61 Å². The number of ether oxygens (including phenoxy) is 4. The van der Waals surface area contributed by atoms with Gasteiger partial charge in [0.25, 0.3) is 0 Å². The molecule has 0 amide bonds. The predicted molar refractivity (Wildman–Crippen MR) is 125 cm³/mol. The fourth-order valence-corrected chi connectivity index (χ4v) is 3.84. The Hall–Kier alpha value is -2.40. The fraction of sp³-hybridized carbons (Fsp3) is 0.407. The maximum atomic E-state index is 6.23. The highest BCUT2D eigenvalue weighted by atomic mass is 16.7. The van der Waals surface area contributed by atoms with Gasteiger partial charge in [-0.3, -0.25) is 0 Å². The maximum Gasteiger partial charge on any atom is 0.163 e. The molecule has 0 bridgehead atoms. The number of hydrogen-bond donors (Lipinski definition) is 0. The van der Waals surface area contributed by atoms with Crippen LogP contribution in [0.2, 0.25) is 0 Å². The third kappa shape index (κ3) is 7.66. The summed E-state index contributed by atoms with van der Waals surface area (Å²) in [6.07, 6.45) is 8.62. The predicted octanol–water partition coefficient (Wildman–Crippen LogP) is 6.17. The van der Waals surface area contributed by atoms with Crippen LogP contribution in [0.4, 0.5) is 0 Å².